The molecule has 1 aromatic carbocycles. The molecular weight excluding hydrogens is 454 g/mol. The maximum absolute atomic E-state index is 12.8. The SMILES string of the molecule is C[Si](C)(C)C(F)(F)C(F)(F)F.FC(F)(F)C(F)(F)c1ccccc1Br. The van der Waals surface area contributed by atoms with Crippen molar-refractivity contribution in [1.82, 2.24) is 0 Å². The Morgan fingerprint density at radius 2 is 1.12 bits per heavy atom. The molecule has 0 saturated heterocycles. The van der Waals surface area contributed by atoms with Crippen molar-refractivity contribution >= 4 is 24.0 Å². The summed E-state index contributed by atoms with van der Waals surface area (Å²) in [7, 11) is -3.48. The van der Waals surface area contributed by atoms with Gasteiger partial charge < -0.3 is 0 Å². The molecule has 0 fully saturated rings. The molecule has 0 N–H and O–H groups in total. The van der Waals surface area contributed by atoms with Crippen LogP contribution in [0, 0.1) is 0 Å². The largest absolute Gasteiger partial charge is 0.458 e. The molecule has 0 amide bonds. The molecule has 0 spiro atoms. The van der Waals surface area contributed by atoms with Crippen LogP contribution in [0.1, 0.15) is 5.56 Å². The van der Waals surface area contributed by atoms with Crippen LogP contribution in [-0.4, -0.2) is 26.0 Å². The summed E-state index contributed by atoms with van der Waals surface area (Å²) in [6.45, 7) is 2.96. The van der Waals surface area contributed by atoms with Gasteiger partial charge in [0.25, 0.3) is 0 Å². The lowest BCUT2D eigenvalue weighted by Crippen LogP contribution is -2.55. The number of hydrogen-bond donors (Lipinski definition) is 0. The van der Waals surface area contributed by atoms with Crippen molar-refractivity contribution in [2.24, 2.45) is 0 Å². The Morgan fingerprint density at radius 3 is 1.36 bits per heavy atom. The number of hydrogen-bond acceptors (Lipinski definition) is 0. The molecule has 0 aliphatic rings. The van der Waals surface area contributed by atoms with E-state index in [-0.39, 0.29) is 4.47 Å². The van der Waals surface area contributed by atoms with Gasteiger partial charge in [0.05, 0.1) is 0 Å². The van der Waals surface area contributed by atoms with Crippen molar-refractivity contribution in [1.29, 1.82) is 0 Å². The fraction of sp³-hybridized carbons (Fsp3) is 0.538. The monoisotopic (exact) mass is 466 g/mol. The second kappa shape index (κ2) is 7.45. The van der Waals surface area contributed by atoms with Gasteiger partial charge in [-0.15, -0.1) is 0 Å². The first-order chi connectivity index (χ1) is 10.8. The van der Waals surface area contributed by atoms with Gasteiger partial charge in [0.1, 0.15) is 8.07 Å². The van der Waals surface area contributed by atoms with Crippen LogP contribution in [0.3, 0.4) is 0 Å². The fourth-order valence-corrected chi connectivity index (χ4v) is 2.68. The number of benzene rings is 1. The lowest BCUT2D eigenvalue weighted by molar-refractivity contribution is -0.289. The van der Waals surface area contributed by atoms with Crippen molar-refractivity contribution in [2.75, 3.05) is 0 Å². The first kappa shape index (κ1) is 24.2. The first-order valence-electron chi connectivity index (χ1n) is 6.41. The molecule has 1 aromatic rings. The Hall–Kier alpha value is -0.783. The summed E-state index contributed by atoms with van der Waals surface area (Å²) >= 11 is 2.64. The highest BCUT2D eigenvalue weighted by molar-refractivity contribution is 9.10. The number of alkyl halides is 10. The summed E-state index contributed by atoms with van der Waals surface area (Å²) in [5.74, 6) is -4.83. The lowest BCUT2D eigenvalue weighted by Gasteiger charge is -2.29. The molecule has 0 saturated carbocycles. The van der Waals surface area contributed by atoms with E-state index in [0.717, 1.165) is 37.8 Å². The van der Waals surface area contributed by atoms with Crippen molar-refractivity contribution in [3.05, 3.63) is 34.3 Å². The Labute approximate surface area is 146 Å². The molecule has 25 heavy (non-hydrogen) atoms. The maximum atomic E-state index is 12.8. The Bertz CT molecular complexity index is 555. The molecule has 0 atom stereocenters. The molecule has 0 unspecified atom stereocenters. The topological polar surface area (TPSA) is 0 Å². The fourth-order valence-electron chi connectivity index (χ4n) is 1.29. The maximum Gasteiger partial charge on any atom is 0.458 e. The van der Waals surface area contributed by atoms with Gasteiger partial charge in [0.15, 0.2) is 0 Å². The highest BCUT2D eigenvalue weighted by Gasteiger charge is 2.64. The van der Waals surface area contributed by atoms with Crippen LogP contribution in [0.15, 0.2) is 28.7 Å². The van der Waals surface area contributed by atoms with Crippen LogP contribution >= 0.6 is 15.9 Å². The van der Waals surface area contributed by atoms with E-state index in [4.69, 9.17) is 0 Å². The van der Waals surface area contributed by atoms with Gasteiger partial charge >= 0.3 is 23.8 Å². The van der Waals surface area contributed by atoms with Crippen molar-refractivity contribution in [2.45, 2.75) is 43.5 Å². The molecule has 12 heteroatoms. The highest BCUT2D eigenvalue weighted by atomic mass is 79.9. The molecule has 146 valence electrons. The van der Waals surface area contributed by atoms with Crippen LogP contribution in [0.4, 0.5) is 43.9 Å². The Balaban J connectivity index is 0.000000477. The predicted octanol–water partition coefficient (Wildman–Crippen LogP) is 7.16. The van der Waals surface area contributed by atoms with Crippen LogP contribution < -0.4 is 0 Å². The van der Waals surface area contributed by atoms with E-state index in [0.29, 0.717) is 0 Å². The van der Waals surface area contributed by atoms with Gasteiger partial charge in [-0.2, -0.15) is 35.1 Å². The normalized spacial score (nSPS) is 14.0. The second-order valence-corrected chi connectivity index (χ2v) is 11.9. The summed E-state index contributed by atoms with van der Waals surface area (Å²) in [6.07, 6.45) is -11.0. The number of rotatable bonds is 2. The van der Waals surface area contributed by atoms with Gasteiger partial charge in [-0.3, -0.25) is 0 Å². The van der Waals surface area contributed by atoms with Crippen molar-refractivity contribution in [3.8, 4) is 0 Å². The molecule has 0 aromatic heterocycles. The standard InChI is InChI=1S/C8H4BrF5.C5H9F5Si/c9-6-4-2-1-3-5(6)7(10,11)8(12,13)14;1-11(2,3)5(9,10)4(6,7)8/h1-4H;1-3H3. The minimum Gasteiger partial charge on any atom is -0.202 e. The van der Waals surface area contributed by atoms with Gasteiger partial charge in [-0.25, -0.2) is 8.78 Å². The Kier molecular flexibility index (Phi) is 7.22. The zero-order valence-electron chi connectivity index (χ0n) is 13.0. The van der Waals surface area contributed by atoms with E-state index in [9.17, 15) is 43.9 Å². The molecule has 0 aliphatic carbocycles. The third-order valence-corrected chi connectivity index (χ3v) is 5.72. The summed E-state index contributed by atoms with van der Waals surface area (Å²) in [5.41, 5.74) is -5.56. The molecule has 0 radical (unpaired) electrons. The van der Waals surface area contributed by atoms with E-state index >= 15 is 0 Å². The lowest BCUT2D eigenvalue weighted by atomic mass is 10.1. The summed E-state index contributed by atoms with van der Waals surface area (Å²) in [4.78, 5) is 0. The van der Waals surface area contributed by atoms with Crippen LogP contribution in [0.2, 0.25) is 19.6 Å². The minimum absolute atomic E-state index is 0.262. The average Bonchev–Trinajstić information content (AvgIpc) is 2.35. The molecule has 0 aliphatic heterocycles. The second-order valence-electron chi connectivity index (χ2n) is 5.87. The summed E-state index contributed by atoms with van der Waals surface area (Å²) in [6, 6.07) is 4.35. The first-order valence-corrected chi connectivity index (χ1v) is 10.7. The molecule has 0 bridgehead atoms. The molecule has 0 heterocycles. The summed E-state index contributed by atoms with van der Waals surface area (Å²) < 4.78 is 121. The van der Waals surface area contributed by atoms with Crippen molar-refractivity contribution < 1.29 is 43.9 Å². The predicted molar refractivity (Wildman–Crippen MR) is 78.4 cm³/mol. The van der Waals surface area contributed by atoms with Gasteiger partial charge in [0.2, 0.25) is 0 Å². The third-order valence-electron chi connectivity index (χ3n) is 2.87. The Morgan fingerprint density at radius 1 is 0.720 bits per heavy atom. The van der Waals surface area contributed by atoms with Crippen molar-refractivity contribution in [3.63, 3.8) is 0 Å². The summed E-state index contributed by atoms with van der Waals surface area (Å²) in [5, 5.41) is 0. The van der Waals surface area contributed by atoms with E-state index in [1.54, 1.807) is 0 Å². The molecule has 0 nitrogen and oxygen atoms in total. The van der Waals surface area contributed by atoms with Crippen LogP contribution in [0.25, 0.3) is 0 Å². The third kappa shape index (κ3) is 5.60. The van der Waals surface area contributed by atoms with E-state index in [2.05, 4.69) is 15.9 Å². The van der Waals surface area contributed by atoms with E-state index < -0.39 is 37.5 Å². The minimum atomic E-state index is -5.57. The van der Waals surface area contributed by atoms with Gasteiger partial charge in [-0.1, -0.05) is 53.8 Å². The van der Waals surface area contributed by atoms with Gasteiger partial charge in [-0.05, 0) is 6.07 Å². The average molecular weight is 467 g/mol. The smallest absolute Gasteiger partial charge is 0.202 e. The zero-order valence-corrected chi connectivity index (χ0v) is 15.6. The zero-order chi connectivity index (χ0) is 20.5. The van der Waals surface area contributed by atoms with Crippen LogP contribution in [-0.2, 0) is 5.92 Å². The quantitative estimate of drug-likeness (QED) is 0.320. The molecule has 1 rings (SSSR count). The van der Waals surface area contributed by atoms with Crippen LogP contribution in [0.5, 0.6) is 0 Å². The van der Waals surface area contributed by atoms with E-state index in [1.807, 2.05) is 0 Å². The highest BCUT2D eigenvalue weighted by Crippen LogP contribution is 2.46. The van der Waals surface area contributed by atoms with E-state index in [1.165, 1.54) is 6.07 Å². The number of halogens is 11. The molecular formula is C13H13BrF10Si. The van der Waals surface area contributed by atoms with Gasteiger partial charge in [0, 0.05) is 10.0 Å².